The van der Waals surface area contributed by atoms with Crippen LogP contribution in [0.25, 0.3) is 0 Å². The minimum Gasteiger partial charge on any atom is -0.310 e. The highest BCUT2D eigenvalue weighted by Gasteiger charge is 2.16. The second-order valence-corrected chi connectivity index (χ2v) is 6.75. The Morgan fingerprint density at radius 1 is 1.20 bits per heavy atom. The van der Waals surface area contributed by atoms with Crippen molar-refractivity contribution in [2.24, 2.45) is 5.92 Å². The molecule has 2 rings (SSSR count). The van der Waals surface area contributed by atoms with E-state index in [1.54, 1.807) is 0 Å². The first-order valence-corrected chi connectivity index (χ1v) is 8.22. The Morgan fingerprint density at radius 2 is 1.90 bits per heavy atom. The topological polar surface area (TPSA) is 15.3 Å². The van der Waals surface area contributed by atoms with Gasteiger partial charge in [0.05, 0.1) is 0 Å². The molecule has 1 aliphatic rings. The molecule has 0 amide bonds. The maximum Gasteiger partial charge on any atom is 0.0468 e. The Balaban J connectivity index is 1.80. The molecule has 0 spiro atoms. The highest BCUT2D eigenvalue weighted by Crippen LogP contribution is 2.26. The van der Waals surface area contributed by atoms with Gasteiger partial charge in [-0.2, -0.15) is 0 Å². The Labute approximate surface area is 132 Å². The molecule has 0 bridgehead atoms. The number of halogens is 2. The van der Waals surface area contributed by atoms with E-state index in [4.69, 9.17) is 23.2 Å². The Kier molecular flexibility index (Phi) is 6.16. The lowest BCUT2D eigenvalue weighted by Crippen LogP contribution is -2.32. The molecule has 1 N–H and O–H groups in total. The van der Waals surface area contributed by atoms with Crippen molar-refractivity contribution in [3.63, 3.8) is 0 Å². The summed E-state index contributed by atoms with van der Waals surface area (Å²) in [5, 5.41) is 5.01. The lowest BCUT2D eigenvalue weighted by atomic mass is 10.1. The van der Waals surface area contributed by atoms with E-state index in [1.165, 1.54) is 32.5 Å². The predicted molar refractivity (Wildman–Crippen MR) is 87.7 cm³/mol. The van der Waals surface area contributed by atoms with Crippen molar-refractivity contribution < 1.29 is 0 Å². The smallest absolute Gasteiger partial charge is 0.0468 e. The van der Waals surface area contributed by atoms with Gasteiger partial charge in [0.15, 0.2) is 0 Å². The van der Waals surface area contributed by atoms with Crippen molar-refractivity contribution in [2.75, 3.05) is 26.2 Å². The number of hydrogen-bond donors (Lipinski definition) is 1. The molecule has 0 radical (unpaired) electrons. The number of nitrogens with zero attached hydrogens (tertiary/aromatic N) is 1. The van der Waals surface area contributed by atoms with Crippen molar-refractivity contribution in [1.82, 2.24) is 10.2 Å². The van der Waals surface area contributed by atoms with Crippen LogP contribution in [0.1, 0.15) is 38.3 Å². The van der Waals surface area contributed by atoms with Gasteiger partial charge in [-0.25, -0.2) is 0 Å². The molecule has 0 saturated carbocycles. The summed E-state index contributed by atoms with van der Waals surface area (Å²) in [6.07, 6.45) is 2.72. The number of rotatable bonds is 6. The predicted octanol–water partition coefficient (Wildman–Crippen LogP) is 4.38. The van der Waals surface area contributed by atoms with Gasteiger partial charge in [-0.05, 0) is 63.0 Å². The quantitative estimate of drug-likeness (QED) is 0.838. The van der Waals surface area contributed by atoms with E-state index in [2.05, 4.69) is 24.1 Å². The minimum absolute atomic E-state index is 0.251. The normalized spacial score (nSPS) is 19.2. The van der Waals surface area contributed by atoms with Gasteiger partial charge in [0.2, 0.25) is 0 Å². The maximum atomic E-state index is 6.24. The molecule has 1 aromatic carbocycles. The Hall–Kier alpha value is -0.280. The summed E-state index contributed by atoms with van der Waals surface area (Å²) in [6.45, 7) is 9.19. The minimum atomic E-state index is 0.251. The van der Waals surface area contributed by atoms with Crippen molar-refractivity contribution >= 4 is 23.2 Å². The second-order valence-electron chi connectivity index (χ2n) is 5.91. The van der Waals surface area contributed by atoms with Crippen molar-refractivity contribution in [1.29, 1.82) is 0 Å². The van der Waals surface area contributed by atoms with E-state index in [1.807, 2.05) is 18.2 Å². The molecule has 1 fully saturated rings. The van der Waals surface area contributed by atoms with Crippen LogP contribution in [0.15, 0.2) is 18.2 Å². The highest BCUT2D eigenvalue weighted by molar-refractivity contribution is 6.35. The lowest BCUT2D eigenvalue weighted by molar-refractivity contribution is 0.279. The Morgan fingerprint density at radius 3 is 2.55 bits per heavy atom. The van der Waals surface area contributed by atoms with Gasteiger partial charge in [0, 0.05) is 22.6 Å². The summed E-state index contributed by atoms with van der Waals surface area (Å²) in [5.74, 6) is 0.654. The van der Waals surface area contributed by atoms with Crippen LogP contribution in [0.5, 0.6) is 0 Å². The third kappa shape index (κ3) is 4.63. The zero-order valence-electron chi connectivity index (χ0n) is 12.3. The van der Waals surface area contributed by atoms with E-state index < -0.39 is 0 Å². The molecule has 1 saturated heterocycles. The summed E-state index contributed by atoms with van der Waals surface area (Å²) in [5.41, 5.74) is 1.12. The molecule has 1 heterocycles. The lowest BCUT2D eigenvalue weighted by Gasteiger charge is -2.23. The average Bonchev–Trinajstić information content (AvgIpc) is 2.89. The summed E-state index contributed by atoms with van der Waals surface area (Å²) in [7, 11) is 0. The van der Waals surface area contributed by atoms with Crippen molar-refractivity contribution in [3.8, 4) is 0 Å². The third-order valence-electron chi connectivity index (χ3n) is 3.97. The van der Waals surface area contributed by atoms with E-state index >= 15 is 0 Å². The van der Waals surface area contributed by atoms with Gasteiger partial charge in [0.1, 0.15) is 0 Å². The van der Waals surface area contributed by atoms with Crippen LogP contribution in [0.4, 0.5) is 0 Å². The van der Waals surface area contributed by atoms with Crippen LogP contribution in [0, 0.1) is 5.92 Å². The summed E-state index contributed by atoms with van der Waals surface area (Å²) in [4.78, 5) is 2.56. The molecule has 1 aliphatic heterocycles. The molecule has 2 unspecified atom stereocenters. The van der Waals surface area contributed by atoms with Crippen LogP contribution >= 0.6 is 23.2 Å². The molecular weight excluding hydrogens is 291 g/mol. The highest BCUT2D eigenvalue weighted by atomic mass is 35.5. The standard InChI is InChI=1S/C16H24Cl2N2/c1-12(11-20-7-3-4-8-20)10-19-13(2)15-6-5-14(17)9-16(15)18/h5-6,9,12-13,19H,3-4,7-8,10-11H2,1-2H3. The fraction of sp³-hybridized carbons (Fsp3) is 0.625. The van der Waals surface area contributed by atoms with E-state index in [0.29, 0.717) is 10.9 Å². The zero-order valence-corrected chi connectivity index (χ0v) is 13.8. The summed E-state index contributed by atoms with van der Waals surface area (Å²) < 4.78 is 0. The molecule has 0 aliphatic carbocycles. The number of nitrogens with one attached hydrogen (secondary N) is 1. The molecule has 4 heteroatoms. The van der Waals surface area contributed by atoms with E-state index in [0.717, 1.165) is 17.1 Å². The largest absolute Gasteiger partial charge is 0.310 e. The maximum absolute atomic E-state index is 6.24. The zero-order chi connectivity index (χ0) is 14.5. The van der Waals surface area contributed by atoms with E-state index in [-0.39, 0.29) is 6.04 Å². The summed E-state index contributed by atoms with van der Waals surface area (Å²) >= 11 is 12.2. The number of benzene rings is 1. The third-order valence-corrected chi connectivity index (χ3v) is 4.53. The van der Waals surface area contributed by atoms with Gasteiger partial charge in [0.25, 0.3) is 0 Å². The van der Waals surface area contributed by atoms with Crippen LogP contribution < -0.4 is 5.32 Å². The van der Waals surface area contributed by atoms with Crippen molar-refractivity contribution in [2.45, 2.75) is 32.7 Å². The first-order valence-electron chi connectivity index (χ1n) is 7.47. The molecule has 20 heavy (non-hydrogen) atoms. The number of likely N-dealkylation sites (tertiary alicyclic amines) is 1. The number of hydrogen-bond acceptors (Lipinski definition) is 2. The van der Waals surface area contributed by atoms with Gasteiger partial charge in [-0.3, -0.25) is 0 Å². The monoisotopic (exact) mass is 314 g/mol. The van der Waals surface area contributed by atoms with Crippen LogP contribution in [0.2, 0.25) is 10.0 Å². The van der Waals surface area contributed by atoms with Crippen LogP contribution in [-0.4, -0.2) is 31.1 Å². The molecule has 112 valence electrons. The van der Waals surface area contributed by atoms with Crippen LogP contribution in [0.3, 0.4) is 0 Å². The molecule has 1 aromatic rings. The van der Waals surface area contributed by atoms with Gasteiger partial charge in [-0.1, -0.05) is 36.2 Å². The molecule has 2 atom stereocenters. The van der Waals surface area contributed by atoms with Crippen molar-refractivity contribution in [3.05, 3.63) is 33.8 Å². The molecular formula is C16H24Cl2N2. The first kappa shape index (κ1) is 16.1. The Bertz CT molecular complexity index is 430. The molecule has 2 nitrogen and oxygen atoms in total. The van der Waals surface area contributed by atoms with Gasteiger partial charge < -0.3 is 10.2 Å². The molecule has 0 aromatic heterocycles. The van der Waals surface area contributed by atoms with Gasteiger partial charge >= 0.3 is 0 Å². The SMILES string of the molecule is CC(CNC(C)c1ccc(Cl)cc1Cl)CN1CCCC1. The fourth-order valence-electron chi connectivity index (χ4n) is 2.81. The van der Waals surface area contributed by atoms with Crippen LogP contribution in [-0.2, 0) is 0 Å². The van der Waals surface area contributed by atoms with E-state index in [9.17, 15) is 0 Å². The first-order chi connectivity index (χ1) is 9.56. The summed E-state index contributed by atoms with van der Waals surface area (Å²) in [6, 6.07) is 5.97. The van der Waals surface area contributed by atoms with Gasteiger partial charge in [-0.15, -0.1) is 0 Å². The second kappa shape index (κ2) is 7.65. The fourth-order valence-corrected chi connectivity index (χ4v) is 3.38. The average molecular weight is 315 g/mol.